The van der Waals surface area contributed by atoms with E-state index in [9.17, 15) is 0 Å². The predicted octanol–water partition coefficient (Wildman–Crippen LogP) is 4.39. The lowest BCUT2D eigenvalue weighted by atomic mass is 9.89. The number of anilines is 1. The fraction of sp³-hybridized carbons (Fsp3) is 0.625. The van der Waals surface area contributed by atoms with Crippen molar-refractivity contribution in [2.75, 3.05) is 45.2 Å². The normalized spacial score (nSPS) is 18.4. The third-order valence-electron chi connectivity index (χ3n) is 6.12. The number of hydrogen-bond acceptors (Lipinski definition) is 6. The van der Waals surface area contributed by atoms with Crippen molar-refractivity contribution >= 4 is 16.7 Å². The average molecular weight is 414 g/mol. The molecule has 4 rings (SSSR count). The molecule has 2 aliphatic heterocycles. The zero-order chi connectivity index (χ0) is 21.1. The van der Waals surface area contributed by atoms with Crippen LogP contribution in [-0.2, 0) is 17.8 Å². The third kappa shape index (κ3) is 4.49. The van der Waals surface area contributed by atoms with E-state index in [1.54, 1.807) is 7.11 Å². The van der Waals surface area contributed by atoms with Gasteiger partial charge in [0.1, 0.15) is 5.82 Å². The van der Waals surface area contributed by atoms with Crippen LogP contribution >= 0.6 is 0 Å². The second-order valence-electron chi connectivity index (χ2n) is 8.94. The van der Waals surface area contributed by atoms with Gasteiger partial charge in [-0.1, -0.05) is 0 Å². The van der Waals surface area contributed by atoms with Crippen LogP contribution in [0.4, 0.5) is 5.82 Å². The van der Waals surface area contributed by atoms with Gasteiger partial charge in [0, 0.05) is 36.5 Å². The minimum atomic E-state index is -0.192. The summed E-state index contributed by atoms with van der Waals surface area (Å²) in [4.78, 5) is 7.43. The number of rotatable bonds is 8. The standard InChI is InChI=1S/C24H35N3O3/c1-5-25-23-19-16-30-24(2,3)15-18(19)17-13-21(28-4)22(14-20(17)26-23)29-12-8-11-27-9-6-7-10-27/h13-14H,5-12,15-16H2,1-4H3,(H,25,26). The highest BCUT2D eigenvalue weighted by Gasteiger charge is 2.30. The molecule has 0 bridgehead atoms. The largest absolute Gasteiger partial charge is 0.493 e. The van der Waals surface area contributed by atoms with E-state index in [1.165, 1.54) is 31.5 Å². The number of aromatic nitrogens is 1. The minimum Gasteiger partial charge on any atom is -0.493 e. The number of fused-ring (bicyclic) bond motifs is 3. The molecular formula is C24H35N3O3. The molecule has 0 aliphatic carbocycles. The van der Waals surface area contributed by atoms with Crippen molar-refractivity contribution in [1.82, 2.24) is 9.88 Å². The van der Waals surface area contributed by atoms with Crippen LogP contribution in [0.15, 0.2) is 12.1 Å². The number of likely N-dealkylation sites (tertiary alicyclic amines) is 1. The summed E-state index contributed by atoms with van der Waals surface area (Å²) in [6.07, 6.45) is 4.52. The first kappa shape index (κ1) is 21.2. The summed E-state index contributed by atoms with van der Waals surface area (Å²) in [5.74, 6) is 2.46. The number of nitrogens with one attached hydrogen (secondary N) is 1. The molecule has 1 saturated heterocycles. The molecule has 2 aromatic rings. The maximum Gasteiger partial charge on any atom is 0.163 e. The van der Waals surface area contributed by atoms with Crippen LogP contribution in [0.5, 0.6) is 11.5 Å². The molecular weight excluding hydrogens is 378 g/mol. The van der Waals surface area contributed by atoms with Gasteiger partial charge in [0.25, 0.3) is 0 Å². The summed E-state index contributed by atoms with van der Waals surface area (Å²) in [6.45, 7) is 12.0. The Labute approximate surface area is 179 Å². The number of benzene rings is 1. The fourth-order valence-electron chi connectivity index (χ4n) is 4.54. The van der Waals surface area contributed by atoms with E-state index in [0.29, 0.717) is 13.2 Å². The quantitative estimate of drug-likeness (QED) is 0.648. The van der Waals surface area contributed by atoms with E-state index < -0.39 is 0 Å². The lowest BCUT2D eigenvalue weighted by molar-refractivity contribution is -0.0394. The zero-order valence-electron chi connectivity index (χ0n) is 18.8. The van der Waals surface area contributed by atoms with Gasteiger partial charge in [0.05, 0.1) is 31.4 Å². The van der Waals surface area contributed by atoms with Crippen molar-refractivity contribution in [3.8, 4) is 11.5 Å². The third-order valence-corrected chi connectivity index (χ3v) is 6.12. The van der Waals surface area contributed by atoms with Crippen LogP contribution in [0.1, 0.15) is 51.2 Å². The Bertz CT molecular complexity index is 891. The monoisotopic (exact) mass is 413 g/mol. The Hall–Kier alpha value is -2.05. The maximum absolute atomic E-state index is 6.14. The van der Waals surface area contributed by atoms with E-state index in [1.807, 2.05) is 6.07 Å². The van der Waals surface area contributed by atoms with Crippen molar-refractivity contribution in [3.63, 3.8) is 0 Å². The van der Waals surface area contributed by atoms with Crippen LogP contribution in [0.25, 0.3) is 10.9 Å². The van der Waals surface area contributed by atoms with Gasteiger partial charge < -0.3 is 24.4 Å². The molecule has 0 saturated carbocycles. The number of nitrogens with zero attached hydrogens (tertiary/aromatic N) is 2. The first-order valence-electron chi connectivity index (χ1n) is 11.3. The highest BCUT2D eigenvalue weighted by atomic mass is 16.5. The Morgan fingerprint density at radius 1 is 1.17 bits per heavy atom. The predicted molar refractivity (Wildman–Crippen MR) is 121 cm³/mol. The molecule has 1 fully saturated rings. The van der Waals surface area contributed by atoms with E-state index in [4.69, 9.17) is 19.2 Å². The summed E-state index contributed by atoms with van der Waals surface area (Å²) < 4.78 is 17.9. The van der Waals surface area contributed by atoms with Gasteiger partial charge in [-0.15, -0.1) is 0 Å². The van der Waals surface area contributed by atoms with Gasteiger partial charge in [-0.05, 0) is 64.8 Å². The number of methoxy groups -OCH3 is 1. The summed E-state index contributed by atoms with van der Waals surface area (Å²) in [5, 5.41) is 4.55. The van der Waals surface area contributed by atoms with Crippen LogP contribution in [-0.4, -0.2) is 55.4 Å². The van der Waals surface area contributed by atoms with Crippen LogP contribution in [0, 0.1) is 0 Å². The Morgan fingerprint density at radius 3 is 2.70 bits per heavy atom. The Morgan fingerprint density at radius 2 is 1.97 bits per heavy atom. The molecule has 1 N–H and O–H groups in total. The Kier molecular flexibility index (Phi) is 6.34. The second-order valence-corrected chi connectivity index (χ2v) is 8.94. The number of ether oxygens (including phenoxy) is 3. The molecule has 1 aromatic carbocycles. The number of hydrogen-bond donors (Lipinski definition) is 1. The van der Waals surface area contributed by atoms with Crippen LogP contribution < -0.4 is 14.8 Å². The molecule has 2 aliphatic rings. The first-order valence-corrected chi connectivity index (χ1v) is 11.3. The molecule has 30 heavy (non-hydrogen) atoms. The highest BCUT2D eigenvalue weighted by Crippen LogP contribution is 2.40. The SMILES string of the molecule is CCNc1nc2cc(OCCCN3CCCC3)c(OC)cc2c2c1COC(C)(C)C2. The molecule has 6 heteroatoms. The van der Waals surface area contributed by atoms with Gasteiger partial charge in [-0.25, -0.2) is 4.98 Å². The molecule has 0 spiro atoms. The molecule has 164 valence electrons. The van der Waals surface area contributed by atoms with Crippen LogP contribution in [0.2, 0.25) is 0 Å². The Balaban J connectivity index is 1.62. The number of pyridine rings is 1. The topological polar surface area (TPSA) is 55.9 Å². The van der Waals surface area contributed by atoms with E-state index in [0.717, 1.165) is 59.7 Å². The summed E-state index contributed by atoms with van der Waals surface area (Å²) in [7, 11) is 1.71. The molecule has 0 unspecified atom stereocenters. The molecule has 0 radical (unpaired) electrons. The van der Waals surface area contributed by atoms with Gasteiger partial charge in [0.15, 0.2) is 11.5 Å². The lowest BCUT2D eigenvalue weighted by Gasteiger charge is -2.33. The van der Waals surface area contributed by atoms with Crippen molar-refractivity contribution < 1.29 is 14.2 Å². The van der Waals surface area contributed by atoms with Crippen molar-refractivity contribution in [2.45, 2.75) is 58.7 Å². The van der Waals surface area contributed by atoms with E-state index in [-0.39, 0.29) is 5.60 Å². The average Bonchev–Trinajstić information content (AvgIpc) is 3.24. The van der Waals surface area contributed by atoms with Crippen molar-refractivity contribution in [3.05, 3.63) is 23.3 Å². The van der Waals surface area contributed by atoms with Gasteiger partial charge >= 0.3 is 0 Å². The summed E-state index contributed by atoms with van der Waals surface area (Å²) >= 11 is 0. The van der Waals surface area contributed by atoms with E-state index in [2.05, 4.69) is 37.1 Å². The molecule has 3 heterocycles. The zero-order valence-corrected chi connectivity index (χ0v) is 18.8. The fourth-order valence-corrected chi connectivity index (χ4v) is 4.54. The minimum absolute atomic E-state index is 0.192. The summed E-state index contributed by atoms with van der Waals surface area (Å²) in [5.41, 5.74) is 3.21. The van der Waals surface area contributed by atoms with Crippen molar-refractivity contribution in [1.29, 1.82) is 0 Å². The van der Waals surface area contributed by atoms with E-state index >= 15 is 0 Å². The summed E-state index contributed by atoms with van der Waals surface area (Å²) in [6, 6.07) is 4.13. The highest BCUT2D eigenvalue weighted by molar-refractivity contribution is 5.89. The first-order chi connectivity index (χ1) is 14.5. The second kappa shape index (κ2) is 8.98. The molecule has 0 atom stereocenters. The van der Waals surface area contributed by atoms with Gasteiger partial charge in [-0.3, -0.25) is 0 Å². The maximum atomic E-state index is 6.14. The van der Waals surface area contributed by atoms with Crippen LogP contribution in [0.3, 0.4) is 0 Å². The van der Waals surface area contributed by atoms with Gasteiger partial charge in [-0.2, -0.15) is 0 Å². The lowest BCUT2D eigenvalue weighted by Crippen LogP contribution is -2.32. The molecule has 1 aromatic heterocycles. The smallest absolute Gasteiger partial charge is 0.163 e. The van der Waals surface area contributed by atoms with Gasteiger partial charge in [0.2, 0.25) is 0 Å². The molecule has 0 amide bonds. The molecule has 6 nitrogen and oxygen atoms in total. The van der Waals surface area contributed by atoms with Crippen molar-refractivity contribution in [2.24, 2.45) is 0 Å².